The predicted octanol–water partition coefficient (Wildman–Crippen LogP) is 3.10. The Hall–Kier alpha value is -0.0800. The van der Waals surface area contributed by atoms with Gasteiger partial charge in [0.2, 0.25) is 0 Å². The molecule has 96 valence electrons. The van der Waals surface area contributed by atoms with Crippen LogP contribution in [0.15, 0.2) is 0 Å². The molecule has 0 aliphatic heterocycles. The number of hydrogen-bond donors (Lipinski definition) is 2. The summed E-state index contributed by atoms with van der Waals surface area (Å²) < 4.78 is 0. The van der Waals surface area contributed by atoms with Crippen molar-refractivity contribution in [2.75, 3.05) is 6.54 Å². The Balaban J connectivity index is 2.49. The van der Waals surface area contributed by atoms with Crippen molar-refractivity contribution < 1.29 is 5.11 Å². The molecular formula is C14H29NO. The van der Waals surface area contributed by atoms with E-state index in [9.17, 15) is 5.11 Å². The smallest absolute Gasteiger partial charge is 0.0797 e. The fourth-order valence-corrected chi connectivity index (χ4v) is 3.05. The Morgan fingerprint density at radius 3 is 2.69 bits per heavy atom. The third kappa shape index (κ3) is 3.74. The van der Waals surface area contributed by atoms with Crippen molar-refractivity contribution in [3.8, 4) is 0 Å². The molecule has 0 spiro atoms. The van der Waals surface area contributed by atoms with Crippen LogP contribution in [-0.2, 0) is 0 Å². The molecule has 0 amide bonds. The lowest BCUT2D eigenvalue weighted by atomic mass is 9.86. The summed E-state index contributed by atoms with van der Waals surface area (Å²) >= 11 is 0. The Morgan fingerprint density at radius 1 is 1.31 bits per heavy atom. The highest BCUT2D eigenvalue weighted by Crippen LogP contribution is 2.34. The van der Waals surface area contributed by atoms with Crippen molar-refractivity contribution in [3.63, 3.8) is 0 Å². The van der Waals surface area contributed by atoms with Gasteiger partial charge in [-0.1, -0.05) is 39.5 Å². The van der Waals surface area contributed by atoms with E-state index in [2.05, 4.69) is 26.1 Å². The van der Waals surface area contributed by atoms with E-state index in [0.717, 1.165) is 25.3 Å². The third-order valence-corrected chi connectivity index (χ3v) is 4.22. The first-order valence-electron chi connectivity index (χ1n) is 7.08. The summed E-state index contributed by atoms with van der Waals surface area (Å²) in [7, 11) is 0. The Morgan fingerprint density at radius 2 is 2.06 bits per heavy atom. The molecule has 1 fully saturated rings. The molecule has 1 aliphatic carbocycles. The molecule has 0 aromatic rings. The first-order chi connectivity index (χ1) is 7.62. The van der Waals surface area contributed by atoms with Crippen LogP contribution in [0.3, 0.4) is 0 Å². The Bertz CT molecular complexity index is 195. The van der Waals surface area contributed by atoms with Gasteiger partial charge in [0.15, 0.2) is 0 Å². The number of nitrogens with one attached hydrogen (secondary N) is 1. The topological polar surface area (TPSA) is 32.3 Å². The molecule has 2 N–H and O–H groups in total. The molecule has 0 heterocycles. The lowest BCUT2D eigenvalue weighted by Crippen LogP contribution is -2.48. The second-order valence-corrected chi connectivity index (χ2v) is 5.47. The lowest BCUT2D eigenvalue weighted by Gasteiger charge is -2.34. The average Bonchev–Trinajstić information content (AvgIpc) is 2.43. The molecule has 16 heavy (non-hydrogen) atoms. The molecule has 1 aliphatic rings. The molecule has 0 saturated heterocycles. The van der Waals surface area contributed by atoms with Crippen molar-refractivity contribution in [3.05, 3.63) is 0 Å². The van der Waals surface area contributed by atoms with Crippen molar-refractivity contribution in [2.24, 2.45) is 5.92 Å². The van der Waals surface area contributed by atoms with Gasteiger partial charge in [0.25, 0.3) is 0 Å². The molecule has 1 rings (SSSR count). The Labute approximate surface area is 101 Å². The van der Waals surface area contributed by atoms with Gasteiger partial charge >= 0.3 is 0 Å². The SMILES string of the molecule is CCCC1CCCC(O)(C(C)NCC)CC1. The van der Waals surface area contributed by atoms with Gasteiger partial charge in [-0.2, -0.15) is 0 Å². The van der Waals surface area contributed by atoms with Crippen molar-refractivity contribution in [2.45, 2.75) is 77.4 Å². The van der Waals surface area contributed by atoms with Crippen LogP contribution in [-0.4, -0.2) is 23.3 Å². The van der Waals surface area contributed by atoms with E-state index in [1.165, 1.54) is 32.1 Å². The van der Waals surface area contributed by atoms with Gasteiger partial charge in [0.1, 0.15) is 0 Å². The van der Waals surface area contributed by atoms with Crippen molar-refractivity contribution in [1.82, 2.24) is 5.32 Å². The minimum atomic E-state index is -0.460. The second kappa shape index (κ2) is 6.61. The minimum absolute atomic E-state index is 0.234. The number of hydrogen-bond acceptors (Lipinski definition) is 2. The monoisotopic (exact) mass is 227 g/mol. The standard InChI is InChI=1S/C14H29NO/c1-4-7-13-8-6-10-14(16,11-9-13)12(3)15-5-2/h12-13,15-16H,4-11H2,1-3H3. The van der Waals surface area contributed by atoms with Crippen LogP contribution < -0.4 is 5.32 Å². The summed E-state index contributed by atoms with van der Waals surface area (Å²) in [6, 6.07) is 0.234. The van der Waals surface area contributed by atoms with E-state index in [1.54, 1.807) is 0 Å². The summed E-state index contributed by atoms with van der Waals surface area (Å²) in [5.74, 6) is 0.854. The van der Waals surface area contributed by atoms with Crippen LogP contribution >= 0.6 is 0 Å². The summed E-state index contributed by atoms with van der Waals surface area (Å²) in [6.45, 7) is 7.44. The Kier molecular flexibility index (Phi) is 5.77. The molecule has 0 radical (unpaired) electrons. The van der Waals surface area contributed by atoms with Crippen LogP contribution in [0.5, 0.6) is 0 Å². The highest BCUT2D eigenvalue weighted by molar-refractivity contribution is 4.91. The van der Waals surface area contributed by atoms with Gasteiger partial charge in [-0.25, -0.2) is 0 Å². The molecule has 2 heteroatoms. The number of aliphatic hydroxyl groups is 1. The summed E-state index contributed by atoms with van der Waals surface area (Å²) in [6.07, 6.45) is 8.29. The average molecular weight is 227 g/mol. The highest BCUT2D eigenvalue weighted by atomic mass is 16.3. The van der Waals surface area contributed by atoms with E-state index in [0.29, 0.717) is 0 Å². The fraction of sp³-hybridized carbons (Fsp3) is 1.00. The second-order valence-electron chi connectivity index (χ2n) is 5.47. The van der Waals surface area contributed by atoms with Gasteiger partial charge in [-0.15, -0.1) is 0 Å². The van der Waals surface area contributed by atoms with E-state index in [-0.39, 0.29) is 6.04 Å². The highest BCUT2D eigenvalue weighted by Gasteiger charge is 2.35. The molecule has 1 saturated carbocycles. The zero-order chi connectivity index (χ0) is 12.0. The van der Waals surface area contributed by atoms with E-state index in [4.69, 9.17) is 0 Å². The van der Waals surface area contributed by atoms with Gasteiger partial charge in [-0.05, 0) is 38.6 Å². The van der Waals surface area contributed by atoms with Gasteiger partial charge in [0.05, 0.1) is 5.60 Å². The van der Waals surface area contributed by atoms with Gasteiger partial charge in [0, 0.05) is 6.04 Å². The minimum Gasteiger partial charge on any atom is -0.388 e. The lowest BCUT2D eigenvalue weighted by molar-refractivity contribution is -0.00714. The summed E-state index contributed by atoms with van der Waals surface area (Å²) in [5, 5.41) is 14.1. The maximum absolute atomic E-state index is 10.7. The quantitative estimate of drug-likeness (QED) is 0.707. The predicted molar refractivity (Wildman–Crippen MR) is 69.6 cm³/mol. The van der Waals surface area contributed by atoms with Crippen LogP contribution in [0, 0.1) is 5.92 Å². The third-order valence-electron chi connectivity index (χ3n) is 4.22. The van der Waals surface area contributed by atoms with Crippen LogP contribution in [0.25, 0.3) is 0 Å². The van der Waals surface area contributed by atoms with E-state index < -0.39 is 5.60 Å². The zero-order valence-corrected chi connectivity index (χ0v) is 11.3. The molecule has 0 aromatic carbocycles. The first-order valence-corrected chi connectivity index (χ1v) is 7.08. The van der Waals surface area contributed by atoms with E-state index in [1.807, 2.05) is 0 Å². The largest absolute Gasteiger partial charge is 0.388 e. The molecule has 3 atom stereocenters. The van der Waals surface area contributed by atoms with Crippen LogP contribution in [0.2, 0.25) is 0 Å². The van der Waals surface area contributed by atoms with Crippen molar-refractivity contribution >= 4 is 0 Å². The number of likely N-dealkylation sites (N-methyl/N-ethyl adjacent to an activating group) is 1. The first kappa shape index (κ1) is 14.0. The summed E-state index contributed by atoms with van der Waals surface area (Å²) in [5.41, 5.74) is -0.460. The maximum atomic E-state index is 10.7. The summed E-state index contributed by atoms with van der Waals surface area (Å²) in [4.78, 5) is 0. The molecule has 0 bridgehead atoms. The van der Waals surface area contributed by atoms with Crippen LogP contribution in [0.1, 0.15) is 65.7 Å². The van der Waals surface area contributed by atoms with Gasteiger partial charge < -0.3 is 10.4 Å². The van der Waals surface area contributed by atoms with E-state index >= 15 is 0 Å². The molecule has 3 unspecified atom stereocenters. The fourth-order valence-electron chi connectivity index (χ4n) is 3.05. The van der Waals surface area contributed by atoms with Crippen molar-refractivity contribution in [1.29, 1.82) is 0 Å². The molecular weight excluding hydrogens is 198 g/mol. The molecule has 0 aromatic heterocycles. The van der Waals surface area contributed by atoms with Gasteiger partial charge in [-0.3, -0.25) is 0 Å². The normalized spacial score (nSPS) is 33.4. The molecule has 2 nitrogen and oxygen atoms in total. The zero-order valence-electron chi connectivity index (χ0n) is 11.3. The maximum Gasteiger partial charge on any atom is 0.0797 e. The number of rotatable bonds is 5. The van der Waals surface area contributed by atoms with Crippen LogP contribution in [0.4, 0.5) is 0 Å².